The van der Waals surface area contributed by atoms with E-state index < -0.39 is 27.0 Å². The van der Waals surface area contributed by atoms with Gasteiger partial charge in [-0.15, -0.1) is 0 Å². The van der Waals surface area contributed by atoms with E-state index in [0.29, 0.717) is 6.42 Å². The number of carbonyl (C=O) groups excluding carboxylic acids is 2. The predicted molar refractivity (Wildman–Crippen MR) is 225 cm³/mol. The zero-order valence-corrected chi connectivity index (χ0v) is 35.3. The van der Waals surface area contributed by atoms with Crippen molar-refractivity contribution in [2.24, 2.45) is 0 Å². The van der Waals surface area contributed by atoms with Crippen LogP contribution in [-0.4, -0.2) is 38.1 Å². The lowest BCUT2D eigenvalue weighted by Crippen LogP contribution is -2.16. The molecule has 0 saturated carbocycles. The molecule has 0 atom stereocenters. The topological polar surface area (TPSA) is 107 Å². The van der Waals surface area contributed by atoms with Crippen molar-refractivity contribution in [1.82, 2.24) is 0 Å². The zero-order chi connectivity index (χ0) is 39.4. The van der Waals surface area contributed by atoms with Crippen LogP contribution in [0.2, 0.25) is 0 Å². The lowest BCUT2D eigenvalue weighted by Gasteiger charge is -2.11. The van der Waals surface area contributed by atoms with Gasteiger partial charge in [0.25, 0.3) is 10.1 Å². The first-order valence-corrected chi connectivity index (χ1v) is 23.5. The summed E-state index contributed by atoms with van der Waals surface area (Å²) in [5, 5.41) is 0. The van der Waals surface area contributed by atoms with Gasteiger partial charge in [-0.05, 0) is 82.4 Å². The number of ether oxygens (including phenoxy) is 2. The molecule has 0 aliphatic rings. The fourth-order valence-corrected chi connectivity index (χ4v) is 7.08. The summed E-state index contributed by atoms with van der Waals surface area (Å²) < 4.78 is 43.9. The molecule has 310 valence electrons. The van der Waals surface area contributed by atoms with Crippen LogP contribution in [-0.2, 0) is 19.6 Å². The molecular formula is C46H78O7S. The minimum Gasteiger partial charge on any atom is -0.462 e. The summed E-state index contributed by atoms with van der Waals surface area (Å²) in [4.78, 5) is 25.4. The van der Waals surface area contributed by atoms with Crippen LogP contribution in [0.25, 0.3) is 0 Å². The highest BCUT2D eigenvalue weighted by atomic mass is 32.2. The minimum atomic E-state index is -4.57. The first-order chi connectivity index (χ1) is 26.3. The maximum atomic E-state index is 12.9. The maximum Gasteiger partial charge on any atom is 0.339 e. The molecule has 0 aliphatic heterocycles. The largest absolute Gasteiger partial charge is 0.462 e. The van der Waals surface area contributed by atoms with Crippen LogP contribution >= 0.6 is 0 Å². The van der Waals surface area contributed by atoms with Crippen LogP contribution in [0.5, 0.6) is 0 Å². The van der Waals surface area contributed by atoms with Gasteiger partial charge in [0, 0.05) is 0 Å². The van der Waals surface area contributed by atoms with Crippen molar-refractivity contribution < 1.29 is 32.0 Å². The first kappa shape index (κ1) is 49.6. The Kier molecular flexibility index (Phi) is 32.1. The molecule has 8 heteroatoms. The van der Waals surface area contributed by atoms with Crippen LogP contribution in [0, 0.1) is 0 Å². The van der Waals surface area contributed by atoms with E-state index in [1.54, 1.807) is 0 Å². The van der Waals surface area contributed by atoms with E-state index in [9.17, 15) is 22.6 Å². The van der Waals surface area contributed by atoms with Crippen LogP contribution in [0.1, 0.15) is 227 Å². The van der Waals surface area contributed by atoms with Gasteiger partial charge in [-0.25, -0.2) is 9.59 Å². The summed E-state index contributed by atoms with van der Waals surface area (Å²) in [5.41, 5.74) is -0.274. The zero-order valence-electron chi connectivity index (χ0n) is 34.5. The smallest absolute Gasteiger partial charge is 0.339 e. The van der Waals surface area contributed by atoms with Gasteiger partial charge in [0.15, 0.2) is 0 Å². The molecule has 0 bridgehead atoms. The second-order valence-electron chi connectivity index (χ2n) is 15.0. The standard InChI is InChI=1S/C46H78O7S/c1-3-5-7-9-11-13-15-17-19-21-23-25-27-29-31-33-35-39-52-45(47)43-38-37-42(54(49,50)51)41-44(43)46(48)53-40-36-34-32-30-28-26-24-22-20-18-16-14-12-10-8-6-4-2/h13-16,37-38,41H,3-12,17-36,39-40H2,1-2H3,(H,49,50,51)/b15-13+,16-14+. The molecule has 1 rings (SSSR count). The summed E-state index contributed by atoms with van der Waals surface area (Å²) in [6.07, 6.45) is 45.1. The van der Waals surface area contributed by atoms with Crippen molar-refractivity contribution in [3.05, 3.63) is 53.6 Å². The maximum absolute atomic E-state index is 12.9. The van der Waals surface area contributed by atoms with Crippen molar-refractivity contribution >= 4 is 22.1 Å². The van der Waals surface area contributed by atoms with Crippen LogP contribution in [0.15, 0.2) is 47.4 Å². The summed E-state index contributed by atoms with van der Waals surface area (Å²) in [5.74, 6) is -1.50. The highest BCUT2D eigenvalue weighted by Gasteiger charge is 2.23. The van der Waals surface area contributed by atoms with Gasteiger partial charge in [-0.1, -0.05) is 167 Å². The molecule has 7 nitrogen and oxygen atoms in total. The van der Waals surface area contributed by atoms with Gasteiger partial charge in [-0.2, -0.15) is 8.42 Å². The normalized spacial score (nSPS) is 11.9. The predicted octanol–water partition coefficient (Wildman–Crippen LogP) is 14.1. The number of unbranched alkanes of at least 4 members (excludes halogenated alkanes) is 26. The Bertz CT molecular complexity index is 1240. The molecule has 0 amide bonds. The molecule has 1 N–H and O–H groups in total. The van der Waals surface area contributed by atoms with Crippen molar-refractivity contribution in [3.63, 3.8) is 0 Å². The van der Waals surface area contributed by atoms with Crippen molar-refractivity contribution in [1.29, 1.82) is 0 Å². The fraction of sp³-hybridized carbons (Fsp3) is 0.739. The van der Waals surface area contributed by atoms with Crippen LogP contribution in [0.4, 0.5) is 0 Å². The van der Waals surface area contributed by atoms with Gasteiger partial charge in [0.1, 0.15) is 0 Å². The summed E-state index contributed by atoms with van der Waals surface area (Å²) in [6, 6.07) is 3.30. The van der Waals surface area contributed by atoms with E-state index in [-0.39, 0.29) is 24.3 Å². The Balaban J connectivity index is 2.22. The molecule has 1 aromatic carbocycles. The second-order valence-corrected chi connectivity index (χ2v) is 16.5. The molecule has 0 radical (unpaired) electrons. The number of benzene rings is 1. The molecular weight excluding hydrogens is 697 g/mol. The average molecular weight is 775 g/mol. The Morgan fingerprint density at radius 1 is 0.481 bits per heavy atom. The van der Waals surface area contributed by atoms with Crippen molar-refractivity contribution in [3.8, 4) is 0 Å². The summed E-state index contributed by atoms with van der Waals surface area (Å²) in [6.45, 7) is 4.88. The average Bonchev–Trinajstić information content (AvgIpc) is 3.16. The van der Waals surface area contributed by atoms with E-state index in [1.165, 1.54) is 147 Å². The molecule has 54 heavy (non-hydrogen) atoms. The highest BCUT2D eigenvalue weighted by molar-refractivity contribution is 7.85. The van der Waals surface area contributed by atoms with Crippen molar-refractivity contribution in [2.45, 2.75) is 211 Å². The third kappa shape index (κ3) is 28.0. The minimum absolute atomic E-state index is 0.0618. The van der Waals surface area contributed by atoms with E-state index in [0.717, 1.165) is 57.1 Å². The van der Waals surface area contributed by atoms with E-state index in [2.05, 4.69) is 38.2 Å². The summed E-state index contributed by atoms with van der Waals surface area (Å²) >= 11 is 0. The quantitative estimate of drug-likeness (QED) is 0.0310. The highest BCUT2D eigenvalue weighted by Crippen LogP contribution is 2.20. The summed E-state index contributed by atoms with van der Waals surface area (Å²) in [7, 11) is -4.57. The van der Waals surface area contributed by atoms with Gasteiger partial charge >= 0.3 is 11.9 Å². The molecule has 0 unspecified atom stereocenters. The number of hydrogen-bond acceptors (Lipinski definition) is 6. The lowest BCUT2D eigenvalue weighted by molar-refractivity contribution is 0.0450. The van der Waals surface area contributed by atoms with E-state index in [1.807, 2.05) is 0 Å². The van der Waals surface area contributed by atoms with Crippen LogP contribution < -0.4 is 0 Å². The molecule has 1 aromatic rings. The van der Waals surface area contributed by atoms with Gasteiger partial charge in [0.2, 0.25) is 0 Å². The Morgan fingerprint density at radius 3 is 1.15 bits per heavy atom. The molecule has 0 aromatic heterocycles. The number of rotatable bonds is 37. The fourth-order valence-electron chi connectivity index (χ4n) is 6.57. The molecule has 0 spiro atoms. The van der Waals surface area contributed by atoms with Gasteiger partial charge < -0.3 is 9.47 Å². The van der Waals surface area contributed by atoms with Gasteiger partial charge in [0.05, 0.1) is 29.2 Å². The number of esters is 2. The molecule has 0 heterocycles. The Hall–Kier alpha value is -2.45. The molecule has 0 aliphatic carbocycles. The van der Waals surface area contributed by atoms with E-state index >= 15 is 0 Å². The Labute approximate surface area is 331 Å². The monoisotopic (exact) mass is 775 g/mol. The number of carbonyl (C=O) groups is 2. The third-order valence-corrected chi connectivity index (χ3v) is 10.9. The number of allylic oxidation sites excluding steroid dienone is 4. The SMILES string of the molecule is CCCCCC/C=C/CCCCCCCCCCCOC(=O)c1ccc(S(=O)(=O)O)cc1C(=O)OCCCCCCCCCCC/C=C/CCCCCC. The van der Waals surface area contributed by atoms with E-state index in [4.69, 9.17) is 9.47 Å². The van der Waals surface area contributed by atoms with Crippen LogP contribution in [0.3, 0.4) is 0 Å². The number of hydrogen-bond donors (Lipinski definition) is 1. The first-order valence-electron chi connectivity index (χ1n) is 22.1. The second kappa shape index (κ2) is 35.0. The molecule has 0 saturated heterocycles. The Morgan fingerprint density at radius 2 is 0.796 bits per heavy atom. The molecule has 0 fully saturated rings. The third-order valence-electron chi connectivity index (χ3n) is 10.0. The van der Waals surface area contributed by atoms with Crippen molar-refractivity contribution in [2.75, 3.05) is 13.2 Å². The van der Waals surface area contributed by atoms with Gasteiger partial charge in [-0.3, -0.25) is 4.55 Å². The lowest BCUT2D eigenvalue weighted by atomic mass is 10.1.